The first-order valence-electron chi connectivity index (χ1n) is 10.5. The summed E-state index contributed by atoms with van der Waals surface area (Å²) in [6.07, 6.45) is -0.603. The number of aryl methyl sites for hydroxylation is 1. The van der Waals surface area contributed by atoms with Crippen LogP contribution in [0.15, 0.2) is 51.7 Å². The number of benzene rings is 2. The molecule has 0 unspecified atom stereocenters. The summed E-state index contributed by atoms with van der Waals surface area (Å²) < 4.78 is 24.9. The molecule has 1 aliphatic rings. The number of rotatable bonds is 6. The van der Waals surface area contributed by atoms with Gasteiger partial charge in [0.15, 0.2) is 0 Å². The highest BCUT2D eigenvalue weighted by Gasteiger charge is 2.18. The Morgan fingerprint density at radius 1 is 1.13 bits per heavy atom. The maximum absolute atomic E-state index is 13.2. The fourth-order valence-electron chi connectivity index (χ4n) is 3.90. The van der Waals surface area contributed by atoms with Crippen LogP contribution >= 0.6 is 0 Å². The van der Waals surface area contributed by atoms with Gasteiger partial charge in [0, 0.05) is 38.8 Å². The number of aliphatic hydroxyl groups is 1. The van der Waals surface area contributed by atoms with E-state index in [1.807, 2.05) is 0 Å². The minimum Gasteiger partial charge on any atom is -0.491 e. The summed E-state index contributed by atoms with van der Waals surface area (Å²) in [6, 6.07) is 10.8. The van der Waals surface area contributed by atoms with E-state index in [2.05, 4.69) is 16.8 Å². The molecule has 4 rings (SSSR count). The zero-order valence-electron chi connectivity index (χ0n) is 17.8. The number of likely N-dealkylation sites (N-methyl/N-ethyl adjacent to an activating group) is 1. The Bertz CT molecular complexity index is 1110. The maximum Gasteiger partial charge on any atom is 0.200 e. The molecule has 0 amide bonds. The molecule has 2 heterocycles. The first kappa shape index (κ1) is 21.5. The van der Waals surface area contributed by atoms with Crippen LogP contribution in [-0.4, -0.2) is 67.4 Å². The first-order chi connectivity index (χ1) is 14.9. The summed E-state index contributed by atoms with van der Waals surface area (Å²) in [5.74, 6) is 0.626. The molecule has 7 heteroatoms. The highest BCUT2D eigenvalue weighted by Crippen LogP contribution is 2.26. The van der Waals surface area contributed by atoms with Gasteiger partial charge in [0.2, 0.25) is 5.43 Å². The summed E-state index contributed by atoms with van der Waals surface area (Å²) >= 11 is 0. The molecule has 164 valence electrons. The average molecular weight is 426 g/mol. The standard InChI is InChI=1S/C24H27FN2O4/c1-16-23(17-3-5-18(25)6-4-17)24(29)21-8-7-20(13-22(21)31-16)30-15-19(28)14-27-11-9-26(2)10-12-27/h3-8,13,19,28H,9-12,14-15H2,1-2H3/t19-/m0/s1. The minimum absolute atomic E-state index is 0.161. The second kappa shape index (κ2) is 9.18. The third kappa shape index (κ3) is 4.95. The zero-order chi connectivity index (χ0) is 22.0. The Morgan fingerprint density at radius 2 is 1.84 bits per heavy atom. The number of fused-ring (bicyclic) bond motifs is 1. The number of β-amino-alcohol motifs (C(OH)–C–C–N with tert-alkyl or cyclic N) is 1. The van der Waals surface area contributed by atoms with Gasteiger partial charge in [0.1, 0.15) is 35.6 Å². The third-order valence-corrected chi connectivity index (χ3v) is 5.68. The number of hydrogen-bond donors (Lipinski definition) is 1. The third-order valence-electron chi connectivity index (χ3n) is 5.68. The molecular formula is C24H27FN2O4. The van der Waals surface area contributed by atoms with E-state index >= 15 is 0 Å². The number of aliphatic hydroxyl groups excluding tert-OH is 1. The van der Waals surface area contributed by atoms with Crippen LogP contribution in [0.3, 0.4) is 0 Å². The lowest BCUT2D eigenvalue weighted by molar-refractivity contribution is 0.0505. The van der Waals surface area contributed by atoms with E-state index < -0.39 is 6.10 Å². The van der Waals surface area contributed by atoms with Gasteiger partial charge in [-0.25, -0.2) is 4.39 Å². The van der Waals surface area contributed by atoms with Crippen LogP contribution in [0.2, 0.25) is 0 Å². The average Bonchev–Trinajstić information content (AvgIpc) is 2.75. The Kier molecular flexibility index (Phi) is 6.36. The van der Waals surface area contributed by atoms with E-state index in [0.717, 1.165) is 26.2 Å². The maximum atomic E-state index is 13.2. The molecule has 6 nitrogen and oxygen atoms in total. The van der Waals surface area contributed by atoms with Gasteiger partial charge in [-0.15, -0.1) is 0 Å². The van der Waals surface area contributed by atoms with E-state index in [1.54, 1.807) is 37.3 Å². The number of nitrogens with zero attached hydrogens (tertiary/aromatic N) is 2. The SMILES string of the molecule is Cc1oc2cc(OC[C@@H](O)CN3CCN(C)CC3)ccc2c(=O)c1-c1ccc(F)cc1. The van der Waals surface area contributed by atoms with Crippen LogP contribution in [0, 0.1) is 12.7 Å². The normalized spacial score (nSPS) is 16.5. The smallest absolute Gasteiger partial charge is 0.200 e. The van der Waals surface area contributed by atoms with Gasteiger partial charge in [-0.05, 0) is 43.8 Å². The first-order valence-corrected chi connectivity index (χ1v) is 10.5. The Hall–Kier alpha value is -2.74. The zero-order valence-corrected chi connectivity index (χ0v) is 17.8. The monoisotopic (exact) mass is 426 g/mol. The highest BCUT2D eigenvalue weighted by molar-refractivity contribution is 5.83. The van der Waals surface area contributed by atoms with Gasteiger partial charge < -0.3 is 19.2 Å². The minimum atomic E-state index is -0.603. The van der Waals surface area contributed by atoms with Crippen molar-refractivity contribution in [3.63, 3.8) is 0 Å². The molecule has 1 fully saturated rings. The number of hydrogen-bond acceptors (Lipinski definition) is 6. The van der Waals surface area contributed by atoms with Gasteiger partial charge in [0.25, 0.3) is 0 Å². The van der Waals surface area contributed by atoms with Gasteiger partial charge in [0.05, 0.1) is 10.9 Å². The Morgan fingerprint density at radius 3 is 2.55 bits per heavy atom. The van der Waals surface area contributed by atoms with Gasteiger partial charge in [-0.3, -0.25) is 9.69 Å². The summed E-state index contributed by atoms with van der Waals surface area (Å²) in [6.45, 7) is 6.31. The summed E-state index contributed by atoms with van der Waals surface area (Å²) in [5.41, 5.74) is 1.28. The molecule has 1 N–H and O–H groups in total. The molecule has 0 bridgehead atoms. The van der Waals surface area contributed by atoms with Crippen molar-refractivity contribution in [2.24, 2.45) is 0 Å². The van der Waals surface area contributed by atoms with Crippen molar-refractivity contribution in [1.82, 2.24) is 9.80 Å². The van der Waals surface area contributed by atoms with Crippen LogP contribution in [0.5, 0.6) is 5.75 Å². The van der Waals surface area contributed by atoms with E-state index in [4.69, 9.17) is 9.15 Å². The molecule has 2 aromatic carbocycles. The van der Waals surface area contributed by atoms with Gasteiger partial charge in [-0.2, -0.15) is 0 Å². The molecule has 1 aliphatic heterocycles. The van der Waals surface area contributed by atoms with E-state index in [0.29, 0.717) is 40.2 Å². The largest absolute Gasteiger partial charge is 0.491 e. The molecule has 3 aromatic rings. The van der Waals surface area contributed by atoms with Crippen molar-refractivity contribution in [2.75, 3.05) is 46.4 Å². The molecular weight excluding hydrogens is 399 g/mol. The number of piperazine rings is 1. The van der Waals surface area contributed by atoms with E-state index in [1.165, 1.54) is 12.1 Å². The molecule has 0 radical (unpaired) electrons. The van der Waals surface area contributed by atoms with Crippen molar-refractivity contribution >= 4 is 11.0 Å². The van der Waals surface area contributed by atoms with Crippen LogP contribution in [0.4, 0.5) is 4.39 Å². The Labute approximate surface area is 180 Å². The molecule has 1 atom stereocenters. The Balaban J connectivity index is 1.47. The van der Waals surface area contributed by atoms with Crippen LogP contribution in [0.1, 0.15) is 5.76 Å². The van der Waals surface area contributed by atoms with Crippen molar-refractivity contribution in [3.8, 4) is 16.9 Å². The van der Waals surface area contributed by atoms with Gasteiger partial charge >= 0.3 is 0 Å². The summed E-state index contributed by atoms with van der Waals surface area (Å²) in [7, 11) is 2.10. The van der Waals surface area contributed by atoms with Crippen molar-refractivity contribution in [3.05, 3.63) is 64.3 Å². The molecule has 0 aliphatic carbocycles. The second-order valence-corrected chi connectivity index (χ2v) is 8.10. The molecule has 0 saturated carbocycles. The van der Waals surface area contributed by atoms with Crippen molar-refractivity contribution < 1.29 is 18.7 Å². The lowest BCUT2D eigenvalue weighted by Gasteiger charge is -2.33. The lowest BCUT2D eigenvalue weighted by Crippen LogP contribution is -2.47. The predicted octanol–water partition coefficient (Wildman–Crippen LogP) is 2.89. The molecule has 1 aromatic heterocycles. The fourth-order valence-corrected chi connectivity index (χ4v) is 3.90. The van der Waals surface area contributed by atoms with Crippen molar-refractivity contribution in [1.29, 1.82) is 0 Å². The summed E-state index contributed by atoms with van der Waals surface area (Å²) in [5, 5.41) is 10.8. The highest BCUT2D eigenvalue weighted by atomic mass is 19.1. The van der Waals surface area contributed by atoms with Crippen molar-refractivity contribution in [2.45, 2.75) is 13.0 Å². The van der Waals surface area contributed by atoms with E-state index in [-0.39, 0.29) is 17.9 Å². The second-order valence-electron chi connectivity index (χ2n) is 8.10. The lowest BCUT2D eigenvalue weighted by atomic mass is 10.0. The summed E-state index contributed by atoms with van der Waals surface area (Å²) in [4.78, 5) is 17.5. The van der Waals surface area contributed by atoms with E-state index in [9.17, 15) is 14.3 Å². The topological polar surface area (TPSA) is 66.2 Å². The predicted molar refractivity (Wildman–Crippen MR) is 118 cm³/mol. The number of halogens is 1. The quantitative estimate of drug-likeness (QED) is 0.654. The fraction of sp³-hybridized carbons (Fsp3) is 0.375. The van der Waals surface area contributed by atoms with Crippen LogP contribution in [-0.2, 0) is 0 Å². The molecule has 1 saturated heterocycles. The molecule has 0 spiro atoms. The molecule has 31 heavy (non-hydrogen) atoms. The van der Waals surface area contributed by atoms with Crippen LogP contribution in [0.25, 0.3) is 22.1 Å². The number of ether oxygens (including phenoxy) is 1. The van der Waals surface area contributed by atoms with Gasteiger partial charge in [-0.1, -0.05) is 12.1 Å². The van der Waals surface area contributed by atoms with Crippen LogP contribution < -0.4 is 10.2 Å².